The molecule has 0 N–H and O–H groups in total. The van der Waals surface area contributed by atoms with Gasteiger partial charge < -0.3 is 4.90 Å². The normalized spacial score (nSPS) is 14.1. The number of halogens is 1. The van der Waals surface area contributed by atoms with Gasteiger partial charge >= 0.3 is 0 Å². The molecule has 2 aromatic carbocycles. The summed E-state index contributed by atoms with van der Waals surface area (Å²) in [5, 5.41) is 0. The number of carbonyl (C=O) groups excluding carboxylic acids is 1. The van der Waals surface area contributed by atoms with E-state index in [-0.39, 0.29) is 11.4 Å². The second-order valence-electron chi connectivity index (χ2n) is 6.58. The summed E-state index contributed by atoms with van der Waals surface area (Å²) in [4.78, 5) is 13.8. The van der Waals surface area contributed by atoms with E-state index in [1.807, 2.05) is 30.3 Å². The zero-order valence-electron chi connectivity index (χ0n) is 14.5. The van der Waals surface area contributed by atoms with Crippen LogP contribution in [0.4, 0.5) is 10.1 Å². The smallest absolute Gasteiger partial charge is 0.242 e. The Hall–Kier alpha value is -2.21. The average molecular weight is 375 g/mol. The molecule has 0 aromatic heterocycles. The van der Waals surface area contributed by atoms with E-state index >= 15 is 0 Å². The van der Waals surface area contributed by atoms with Crippen LogP contribution in [0, 0.1) is 5.82 Å². The first kappa shape index (κ1) is 18.6. The average Bonchev–Trinajstić information content (AvgIpc) is 2.62. The predicted molar refractivity (Wildman–Crippen MR) is 100 cm³/mol. The zero-order valence-corrected chi connectivity index (χ0v) is 15.3. The molecule has 4 nitrogen and oxygen atoms in total. The van der Waals surface area contributed by atoms with Gasteiger partial charge in [0.15, 0.2) is 9.84 Å². The zero-order chi connectivity index (χ0) is 18.6. The molecule has 138 valence electrons. The minimum absolute atomic E-state index is 0.0500. The quantitative estimate of drug-likeness (QED) is 0.779. The summed E-state index contributed by atoms with van der Waals surface area (Å²) in [6.07, 6.45) is 2.51. The fourth-order valence-electron chi connectivity index (χ4n) is 3.33. The summed E-state index contributed by atoms with van der Waals surface area (Å²) in [7, 11) is -3.53. The van der Waals surface area contributed by atoms with E-state index in [0.29, 0.717) is 32.2 Å². The molecule has 1 aliphatic rings. The van der Waals surface area contributed by atoms with Gasteiger partial charge in [0.1, 0.15) is 11.6 Å². The highest BCUT2D eigenvalue weighted by Gasteiger charge is 2.28. The Morgan fingerprint density at radius 2 is 1.85 bits per heavy atom. The third kappa shape index (κ3) is 4.49. The summed E-state index contributed by atoms with van der Waals surface area (Å²) in [5.74, 6) is -1.64. The van der Waals surface area contributed by atoms with Crippen molar-refractivity contribution < 1.29 is 17.6 Å². The van der Waals surface area contributed by atoms with Crippen LogP contribution in [-0.2, 0) is 27.5 Å². The van der Waals surface area contributed by atoms with Gasteiger partial charge in [-0.3, -0.25) is 4.79 Å². The molecule has 1 amide bonds. The molecule has 26 heavy (non-hydrogen) atoms. The van der Waals surface area contributed by atoms with Crippen LogP contribution in [0.5, 0.6) is 0 Å². The van der Waals surface area contributed by atoms with Crippen molar-refractivity contribution in [2.24, 2.45) is 0 Å². The van der Waals surface area contributed by atoms with Crippen molar-refractivity contribution in [1.82, 2.24) is 0 Å². The van der Waals surface area contributed by atoms with Gasteiger partial charge in [0, 0.05) is 6.54 Å². The number of nitrogens with zero attached hydrogens (tertiary/aromatic N) is 1. The summed E-state index contributed by atoms with van der Waals surface area (Å²) in [5.41, 5.74) is 2.07. The number of hydrogen-bond acceptors (Lipinski definition) is 3. The molecule has 0 aliphatic carbocycles. The molecule has 0 unspecified atom stereocenters. The highest BCUT2D eigenvalue weighted by atomic mass is 32.2. The van der Waals surface area contributed by atoms with Gasteiger partial charge in [0.05, 0.1) is 11.4 Å². The molecular weight excluding hydrogens is 353 g/mol. The van der Waals surface area contributed by atoms with Crippen molar-refractivity contribution in [2.75, 3.05) is 23.0 Å². The number of benzene rings is 2. The van der Waals surface area contributed by atoms with E-state index in [2.05, 4.69) is 0 Å². The summed E-state index contributed by atoms with van der Waals surface area (Å²) < 4.78 is 38.8. The van der Waals surface area contributed by atoms with Gasteiger partial charge in [-0.15, -0.1) is 0 Å². The molecule has 0 fully saturated rings. The van der Waals surface area contributed by atoms with Gasteiger partial charge in [-0.25, -0.2) is 12.8 Å². The summed E-state index contributed by atoms with van der Waals surface area (Å²) in [6.45, 7) is 0.353. The highest BCUT2D eigenvalue weighted by Crippen LogP contribution is 2.30. The van der Waals surface area contributed by atoms with Crippen LogP contribution in [0.15, 0.2) is 48.5 Å². The monoisotopic (exact) mass is 375 g/mol. The number of hydrogen-bond donors (Lipinski definition) is 0. The molecule has 1 aliphatic heterocycles. The van der Waals surface area contributed by atoms with Crippen LogP contribution in [0.3, 0.4) is 0 Å². The third-order valence-electron chi connectivity index (χ3n) is 4.58. The van der Waals surface area contributed by atoms with Gasteiger partial charge in [0.25, 0.3) is 0 Å². The molecule has 0 atom stereocenters. The van der Waals surface area contributed by atoms with Crippen LogP contribution < -0.4 is 4.90 Å². The predicted octanol–water partition coefficient (Wildman–Crippen LogP) is 3.15. The lowest BCUT2D eigenvalue weighted by Gasteiger charge is -2.29. The van der Waals surface area contributed by atoms with Crippen molar-refractivity contribution in [2.45, 2.75) is 25.7 Å². The molecule has 6 heteroatoms. The van der Waals surface area contributed by atoms with Crippen LogP contribution >= 0.6 is 0 Å². The number of anilines is 1. The number of carbonyl (C=O) groups is 1. The first-order valence-electron chi connectivity index (χ1n) is 8.78. The molecule has 0 saturated carbocycles. The maximum atomic E-state index is 14.2. The minimum Gasteiger partial charge on any atom is -0.309 e. The highest BCUT2D eigenvalue weighted by molar-refractivity contribution is 7.92. The van der Waals surface area contributed by atoms with E-state index in [1.54, 1.807) is 12.1 Å². The van der Waals surface area contributed by atoms with Crippen LogP contribution in [0.1, 0.15) is 24.0 Å². The molecule has 0 radical (unpaired) electrons. The van der Waals surface area contributed by atoms with Crippen molar-refractivity contribution >= 4 is 21.4 Å². The lowest BCUT2D eigenvalue weighted by atomic mass is 10.0. The summed E-state index contributed by atoms with van der Waals surface area (Å²) >= 11 is 0. The third-order valence-corrected chi connectivity index (χ3v) is 6.17. The topological polar surface area (TPSA) is 54.5 Å². The Bertz CT molecular complexity index is 881. The van der Waals surface area contributed by atoms with E-state index in [4.69, 9.17) is 0 Å². The van der Waals surface area contributed by atoms with Gasteiger partial charge in [-0.05, 0) is 42.9 Å². The fraction of sp³-hybridized carbons (Fsp3) is 0.350. The number of amides is 1. The Morgan fingerprint density at radius 1 is 1.08 bits per heavy atom. The van der Waals surface area contributed by atoms with Gasteiger partial charge in [-0.1, -0.05) is 42.5 Å². The second-order valence-corrected chi connectivity index (χ2v) is 8.76. The maximum absolute atomic E-state index is 14.2. The SMILES string of the molecule is O=C(CS(=O)(=O)CCCc1ccccc1)N1CCCc2cccc(F)c21. The summed E-state index contributed by atoms with van der Waals surface area (Å²) in [6, 6.07) is 14.3. The van der Waals surface area contributed by atoms with Crippen molar-refractivity contribution in [3.05, 3.63) is 65.5 Å². The van der Waals surface area contributed by atoms with Crippen molar-refractivity contribution in [3.8, 4) is 0 Å². The van der Waals surface area contributed by atoms with Gasteiger partial charge in [0.2, 0.25) is 5.91 Å². The number of aryl methyl sites for hydroxylation is 2. The Morgan fingerprint density at radius 3 is 2.62 bits per heavy atom. The Labute approximate surface area is 153 Å². The Kier molecular flexibility index (Phi) is 5.71. The first-order valence-corrected chi connectivity index (χ1v) is 10.6. The standard InChI is InChI=1S/C20H22FNO3S/c21-18-12-4-10-17-11-5-13-22(20(17)18)19(23)15-26(24,25)14-6-9-16-7-2-1-3-8-16/h1-4,7-8,10,12H,5-6,9,11,13-15H2. The van der Waals surface area contributed by atoms with E-state index < -0.39 is 27.3 Å². The molecular formula is C20H22FNO3S. The van der Waals surface area contributed by atoms with E-state index in [1.165, 1.54) is 11.0 Å². The molecule has 3 rings (SSSR count). The molecule has 0 spiro atoms. The van der Waals surface area contributed by atoms with E-state index in [0.717, 1.165) is 11.1 Å². The number of sulfone groups is 1. The number of fused-ring (bicyclic) bond motifs is 1. The Balaban J connectivity index is 1.63. The van der Waals surface area contributed by atoms with E-state index in [9.17, 15) is 17.6 Å². The maximum Gasteiger partial charge on any atom is 0.242 e. The lowest BCUT2D eigenvalue weighted by Crippen LogP contribution is -2.40. The molecule has 0 bridgehead atoms. The van der Waals surface area contributed by atoms with Crippen molar-refractivity contribution in [1.29, 1.82) is 0 Å². The number of para-hydroxylation sites is 1. The largest absolute Gasteiger partial charge is 0.309 e. The van der Waals surface area contributed by atoms with Crippen LogP contribution in [-0.4, -0.2) is 32.4 Å². The van der Waals surface area contributed by atoms with Gasteiger partial charge in [-0.2, -0.15) is 0 Å². The molecule has 2 aromatic rings. The van der Waals surface area contributed by atoms with Crippen molar-refractivity contribution in [3.63, 3.8) is 0 Å². The minimum atomic E-state index is -3.53. The number of rotatable bonds is 6. The second kappa shape index (κ2) is 7.99. The molecule has 0 saturated heterocycles. The first-order chi connectivity index (χ1) is 12.5. The molecule has 1 heterocycles. The van der Waals surface area contributed by atoms with Crippen LogP contribution in [0.25, 0.3) is 0 Å². The lowest BCUT2D eigenvalue weighted by molar-refractivity contribution is -0.116. The van der Waals surface area contributed by atoms with Crippen LogP contribution in [0.2, 0.25) is 0 Å². The fourth-order valence-corrected chi connectivity index (χ4v) is 4.59.